The fourth-order valence-corrected chi connectivity index (χ4v) is 2.07. The van der Waals surface area contributed by atoms with Crippen LogP contribution in [0.2, 0.25) is 0 Å². The van der Waals surface area contributed by atoms with Crippen LogP contribution in [0.25, 0.3) is 0 Å². The lowest BCUT2D eigenvalue weighted by atomic mass is 10.2. The minimum absolute atomic E-state index is 0.361. The Balaban J connectivity index is 3.43. The molecule has 0 spiro atoms. The highest BCUT2D eigenvalue weighted by molar-refractivity contribution is 7.99. The predicted octanol–water partition coefficient (Wildman–Crippen LogP) is 1.62. The van der Waals surface area contributed by atoms with Crippen LogP contribution in [0.4, 0.5) is 0 Å². The van der Waals surface area contributed by atoms with Crippen LogP contribution < -0.4 is 11.3 Å². The van der Waals surface area contributed by atoms with E-state index >= 15 is 0 Å². The van der Waals surface area contributed by atoms with E-state index in [9.17, 15) is 0 Å². The lowest BCUT2D eigenvalue weighted by Crippen LogP contribution is -2.37. The largest absolute Gasteiger partial charge is 0.271 e. The molecule has 0 amide bonds. The van der Waals surface area contributed by atoms with Crippen LogP contribution in [0.15, 0.2) is 0 Å². The highest BCUT2D eigenvalue weighted by Gasteiger charge is 2.05. The molecule has 1 unspecified atom stereocenters. The fraction of sp³-hybridized carbons (Fsp3) is 0.800. The Kier molecular flexibility index (Phi) is 8.32. The van der Waals surface area contributed by atoms with Crippen LogP contribution in [0.3, 0.4) is 0 Å². The zero-order valence-corrected chi connectivity index (χ0v) is 9.36. The van der Waals surface area contributed by atoms with Gasteiger partial charge in [0.2, 0.25) is 0 Å². The van der Waals surface area contributed by atoms with Gasteiger partial charge in [0.05, 0.1) is 0 Å². The summed E-state index contributed by atoms with van der Waals surface area (Å²) in [6.45, 7) is 4.44. The van der Waals surface area contributed by atoms with Crippen molar-refractivity contribution in [3.63, 3.8) is 0 Å². The first-order chi connectivity index (χ1) is 6.20. The van der Waals surface area contributed by atoms with Gasteiger partial charge in [-0.1, -0.05) is 13.8 Å². The molecule has 0 rings (SSSR count). The van der Waals surface area contributed by atoms with E-state index in [4.69, 9.17) is 12.3 Å². The summed E-state index contributed by atoms with van der Waals surface area (Å²) in [5.74, 6) is 11.0. The van der Waals surface area contributed by atoms with Crippen LogP contribution in [0, 0.1) is 18.3 Å². The van der Waals surface area contributed by atoms with E-state index in [0.29, 0.717) is 6.04 Å². The summed E-state index contributed by atoms with van der Waals surface area (Å²) in [7, 11) is 0. The van der Waals surface area contributed by atoms with Gasteiger partial charge in [0.15, 0.2) is 0 Å². The van der Waals surface area contributed by atoms with Gasteiger partial charge in [-0.2, -0.15) is 11.8 Å². The van der Waals surface area contributed by atoms with Crippen LogP contribution >= 0.6 is 11.8 Å². The van der Waals surface area contributed by atoms with Crippen molar-refractivity contribution < 1.29 is 0 Å². The molecule has 0 aliphatic heterocycles. The maximum absolute atomic E-state index is 5.40. The molecule has 76 valence electrons. The van der Waals surface area contributed by atoms with Gasteiger partial charge >= 0.3 is 0 Å². The van der Waals surface area contributed by atoms with E-state index < -0.39 is 0 Å². The first kappa shape index (κ1) is 12.8. The van der Waals surface area contributed by atoms with Gasteiger partial charge in [0, 0.05) is 18.2 Å². The first-order valence-electron chi connectivity index (χ1n) is 4.68. The molecule has 0 saturated heterocycles. The summed E-state index contributed by atoms with van der Waals surface area (Å²) in [5.41, 5.74) is 2.79. The molecule has 3 N–H and O–H groups in total. The SMILES string of the molecule is C#CCCC(CSCC(C)C)NN. The van der Waals surface area contributed by atoms with Crippen molar-refractivity contribution in [1.82, 2.24) is 5.43 Å². The minimum Gasteiger partial charge on any atom is -0.271 e. The van der Waals surface area contributed by atoms with E-state index in [1.54, 1.807) is 0 Å². The maximum atomic E-state index is 5.40. The molecular weight excluding hydrogens is 180 g/mol. The highest BCUT2D eigenvalue weighted by atomic mass is 32.2. The van der Waals surface area contributed by atoms with Crippen LogP contribution in [-0.4, -0.2) is 17.5 Å². The summed E-state index contributed by atoms with van der Waals surface area (Å²) in [4.78, 5) is 0. The molecule has 0 aromatic rings. The first-order valence-corrected chi connectivity index (χ1v) is 5.83. The van der Waals surface area contributed by atoms with Crippen LogP contribution in [0.1, 0.15) is 26.7 Å². The summed E-state index contributed by atoms with van der Waals surface area (Å²) < 4.78 is 0. The summed E-state index contributed by atoms with van der Waals surface area (Å²) in [6.07, 6.45) is 6.96. The number of hydrogen-bond donors (Lipinski definition) is 2. The van der Waals surface area contributed by atoms with Gasteiger partial charge in [-0.15, -0.1) is 12.3 Å². The standard InChI is InChI=1S/C10H20N2S/c1-4-5-6-10(12-11)8-13-7-9(2)3/h1,9-10,12H,5-8,11H2,2-3H3. The van der Waals surface area contributed by atoms with Crippen molar-refractivity contribution in [3.05, 3.63) is 0 Å². The minimum atomic E-state index is 0.361. The third-order valence-corrected chi connectivity index (χ3v) is 3.18. The Morgan fingerprint density at radius 2 is 2.15 bits per heavy atom. The summed E-state index contributed by atoms with van der Waals surface area (Å²) in [6, 6.07) is 0.361. The molecule has 0 heterocycles. The Morgan fingerprint density at radius 1 is 1.46 bits per heavy atom. The number of hydrazine groups is 1. The summed E-state index contributed by atoms with van der Waals surface area (Å²) >= 11 is 1.93. The molecule has 1 atom stereocenters. The average molecular weight is 200 g/mol. The Labute approximate surface area is 86.0 Å². The van der Waals surface area contributed by atoms with E-state index in [0.717, 1.165) is 24.5 Å². The Hall–Kier alpha value is -0.170. The van der Waals surface area contributed by atoms with Crippen molar-refractivity contribution >= 4 is 11.8 Å². The van der Waals surface area contributed by atoms with Gasteiger partial charge in [0.25, 0.3) is 0 Å². The molecule has 0 aliphatic rings. The monoisotopic (exact) mass is 200 g/mol. The molecule has 2 nitrogen and oxygen atoms in total. The van der Waals surface area contributed by atoms with Gasteiger partial charge in [0.1, 0.15) is 0 Å². The third kappa shape index (κ3) is 8.17. The smallest absolute Gasteiger partial charge is 0.0310 e. The van der Waals surface area contributed by atoms with Crippen molar-refractivity contribution in [2.75, 3.05) is 11.5 Å². The predicted molar refractivity (Wildman–Crippen MR) is 61.3 cm³/mol. The molecule has 0 radical (unpaired) electrons. The van der Waals surface area contributed by atoms with E-state index in [1.807, 2.05) is 11.8 Å². The van der Waals surface area contributed by atoms with E-state index in [-0.39, 0.29) is 0 Å². The molecule has 0 bridgehead atoms. The third-order valence-electron chi connectivity index (χ3n) is 1.64. The average Bonchev–Trinajstić information content (AvgIpc) is 2.10. The maximum Gasteiger partial charge on any atom is 0.0310 e. The van der Waals surface area contributed by atoms with Crippen LogP contribution in [-0.2, 0) is 0 Å². The van der Waals surface area contributed by atoms with Gasteiger partial charge < -0.3 is 0 Å². The second-order valence-electron chi connectivity index (χ2n) is 3.54. The quantitative estimate of drug-likeness (QED) is 0.372. The van der Waals surface area contributed by atoms with Crippen molar-refractivity contribution in [2.24, 2.45) is 11.8 Å². The van der Waals surface area contributed by atoms with Gasteiger partial charge in [-0.05, 0) is 18.1 Å². The lowest BCUT2D eigenvalue weighted by Gasteiger charge is -2.14. The molecular formula is C10H20N2S. The van der Waals surface area contributed by atoms with E-state index in [1.165, 1.54) is 5.75 Å². The van der Waals surface area contributed by atoms with Crippen molar-refractivity contribution in [2.45, 2.75) is 32.7 Å². The molecule has 0 fully saturated rings. The Bertz CT molecular complexity index is 151. The number of rotatable bonds is 7. The van der Waals surface area contributed by atoms with E-state index in [2.05, 4.69) is 25.2 Å². The zero-order valence-electron chi connectivity index (χ0n) is 8.55. The molecule has 13 heavy (non-hydrogen) atoms. The molecule has 0 aliphatic carbocycles. The summed E-state index contributed by atoms with van der Waals surface area (Å²) in [5, 5.41) is 0. The molecule has 0 aromatic carbocycles. The van der Waals surface area contributed by atoms with Crippen molar-refractivity contribution in [3.8, 4) is 12.3 Å². The normalized spacial score (nSPS) is 12.8. The van der Waals surface area contributed by atoms with Gasteiger partial charge in [-0.25, -0.2) is 0 Å². The number of terminal acetylenes is 1. The lowest BCUT2D eigenvalue weighted by molar-refractivity contribution is 0.546. The molecule has 3 heteroatoms. The fourth-order valence-electron chi connectivity index (χ4n) is 0.918. The second kappa shape index (κ2) is 8.43. The number of thioether (sulfide) groups is 1. The topological polar surface area (TPSA) is 38.0 Å². The number of nitrogens with two attached hydrogens (primary N) is 1. The van der Waals surface area contributed by atoms with Gasteiger partial charge in [-0.3, -0.25) is 11.3 Å². The Morgan fingerprint density at radius 3 is 2.62 bits per heavy atom. The highest BCUT2D eigenvalue weighted by Crippen LogP contribution is 2.10. The number of nitrogens with one attached hydrogen (secondary N) is 1. The molecule has 0 aromatic heterocycles. The molecule has 0 saturated carbocycles. The number of hydrogen-bond acceptors (Lipinski definition) is 3. The van der Waals surface area contributed by atoms with Crippen molar-refractivity contribution in [1.29, 1.82) is 0 Å². The second-order valence-corrected chi connectivity index (χ2v) is 4.61. The van der Waals surface area contributed by atoms with Crippen LogP contribution in [0.5, 0.6) is 0 Å². The zero-order chi connectivity index (χ0) is 10.1.